The third-order valence-electron chi connectivity index (χ3n) is 3.95. The van der Waals surface area contributed by atoms with E-state index in [2.05, 4.69) is 40.6 Å². The molecule has 0 saturated heterocycles. The van der Waals surface area contributed by atoms with Crippen molar-refractivity contribution >= 4 is 5.69 Å². The van der Waals surface area contributed by atoms with Gasteiger partial charge in [0.2, 0.25) is 11.7 Å². The smallest absolute Gasteiger partial charge is 0.231 e. The van der Waals surface area contributed by atoms with Gasteiger partial charge in [0.25, 0.3) is 0 Å². The first-order valence-corrected chi connectivity index (χ1v) is 7.50. The minimum atomic E-state index is -0.0728. The molecule has 0 bridgehead atoms. The van der Waals surface area contributed by atoms with Gasteiger partial charge >= 0.3 is 0 Å². The highest BCUT2D eigenvalue weighted by atomic mass is 16.5. The molecule has 2 aromatic rings. The minimum Gasteiger partial charge on any atom is -0.384 e. The molecule has 1 aliphatic rings. The van der Waals surface area contributed by atoms with Gasteiger partial charge in [-0.1, -0.05) is 36.7 Å². The molecule has 0 radical (unpaired) electrons. The standard InChI is InChI=1S/C16H21N3O2/c1-3-6-14(20-2)15-18-16(21-19-15)12-9-11-7-4-5-8-13(11)17-10-12/h4-5,7-8,12,14,17H,3,6,9-10H2,1-2H3. The average Bonchev–Trinajstić information content (AvgIpc) is 3.02. The van der Waals surface area contributed by atoms with E-state index in [9.17, 15) is 0 Å². The van der Waals surface area contributed by atoms with E-state index in [0.29, 0.717) is 11.7 Å². The van der Waals surface area contributed by atoms with Gasteiger partial charge in [0.1, 0.15) is 6.10 Å². The zero-order valence-corrected chi connectivity index (χ0v) is 12.5. The van der Waals surface area contributed by atoms with E-state index in [0.717, 1.165) is 25.8 Å². The summed E-state index contributed by atoms with van der Waals surface area (Å²) in [4.78, 5) is 4.55. The van der Waals surface area contributed by atoms with Crippen molar-refractivity contribution < 1.29 is 9.26 Å². The number of fused-ring (bicyclic) bond motifs is 1. The highest BCUT2D eigenvalue weighted by molar-refractivity contribution is 5.53. The lowest BCUT2D eigenvalue weighted by atomic mass is 9.94. The number of rotatable bonds is 5. The fourth-order valence-electron chi connectivity index (χ4n) is 2.77. The first-order valence-electron chi connectivity index (χ1n) is 7.50. The summed E-state index contributed by atoms with van der Waals surface area (Å²) in [5.41, 5.74) is 2.50. The summed E-state index contributed by atoms with van der Waals surface area (Å²) in [7, 11) is 1.69. The number of hydrogen-bond acceptors (Lipinski definition) is 5. The Kier molecular flexibility index (Phi) is 4.20. The maximum atomic E-state index is 5.47. The number of methoxy groups -OCH3 is 1. The first-order chi connectivity index (χ1) is 10.3. The van der Waals surface area contributed by atoms with E-state index in [4.69, 9.17) is 9.26 Å². The number of para-hydroxylation sites is 1. The first kappa shape index (κ1) is 14.1. The van der Waals surface area contributed by atoms with Crippen molar-refractivity contribution in [3.8, 4) is 0 Å². The Balaban J connectivity index is 1.75. The number of aromatic nitrogens is 2. The second kappa shape index (κ2) is 6.26. The van der Waals surface area contributed by atoms with E-state index in [1.165, 1.54) is 11.3 Å². The zero-order chi connectivity index (χ0) is 14.7. The molecule has 1 aromatic carbocycles. The zero-order valence-electron chi connectivity index (χ0n) is 12.5. The monoisotopic (exact) mass is 287 g/mol. The molecule has 0 fully saturated rings. The van der Waals surface area contributed by atoms with Crippen molar-refractivity contribution in [3.05, 3.63) is 41.5 Å². The number of benzene rings is 1. The molecule has 1 aliphatic heterocycles. The van der Waals surface area contributed by atoms with Crippen molar-refractivity contribution in [1.29, 1.82) is 0 Å². The summed E-state index contributed by atoms with van der Waals surface area (Å²) >= 11 is 0. The molecule has 2 heterocycles. The van der Waals surface area contributed by atoms with Crippen LogP contribution in [0.25, 0.3) is 0 Å². The van der Waals surface area contributed by atoms with Gasteiger partial charge in [0.15, 0.2) is 0 Å². The molecule has 0 spiro atoms. The fraction of sp³-hybridized carbons (Fsp3) is 0.500. The Morgan fingerprint density at radius 2 is 2.29 bits per heavy atom. The highest BCUT2D eigenvalue weighted by Gasteiger charge is 2.26. The predicted molar refractivity (Wildman–Crippen MR) is 80.3 cm³/mol. The fourth-order valence-corrected chi connectivity index (χ4v) is 2.77. The van der Waals surface area contributed by atoms with Crippen LogP contribution in [0.3, 0.4) is 0 Å². The number of anilines is 1. The van der Waals surface area contributed by atoms with Crippen LogP contribution in [0.2, 0.25) is 0 Å². The van der Waals surface area contributed by atoms with Gasteiger partial charge in [-0.2, -0.15) is 4.98 Å². The molecule has 5 heteroatoms. The van der Waals surface area contributed by atoms with Gasteiger partial charge in [-0.3, -0.25) is 0 Å². The van der Waals surface area contributed by atoms with Crippen molar-refractivity contribution in [2.75, 3.05) is 19.0 Å². The van der Waals surface area contributed by atoms with Gasteiger partial charge in [-0.05, 0) is 24.5 Å². The largest absolute Gasteiger partial charge is 0.384 e. The van der Waals surface area contributed by atoms with Crippen LogP contribution in [0.4, 0.5) is 5.69 Å². The van der Waals surface area contributed by atoms with E-state index in [1.807, 2.05) is 6.07 Å². The maximum absolute atomic E-state index is 5.47. The molecule has 3 rings (SSSR count). The van der Waals surface area contributed by atoms with Crippen LogP contribution in [0.1, 0.15) is 49.1 Å². The van der Waals surface area contributed by atoms with Crippen LogP contribution < -0.4 is 5.32 Å². The van der Waals surface area contributed by atoms with Crippen LogP contribution in [-0.4, -0.2) is 23.8 Å². The Morgan fingerprint density at radius 3 is 3.10 bits per heavy atom. The van der Waals surface area contributed by atoms with E-state index < -0.39 is 0 Å². The van der Waals surface area contributed by atoms with E-state index in [1.54, 1.807) is 7.11 Å². The molecule has 21 heavy (non-hydrogen) atoms. The van der Waals surface area contributed by atoms with Crippen LogP contribution >= 0.6 is 0 Å². The number of ether oxygens (including phenoxy) is 1. The third-order valence-corrected chi connectivity index (χ3v) is 3.95. The molecular weight excluding hydrogens is 266 g/mol. The molecule has 2 atom stereocenters. The highest BCUT2D eigenvalue weighted by Crippen LogP contribution is 2.30. The Labute approximate surface area is 124 Å². The summed E-state index contributed by atoms with van der Waals surface area (Å²) < 4.78 is 10.9. The summed E-state index contributed by atoms with van der Waals surface area (Å²) in [6.45, 7) is 2.94. The molecular formula is C16H21N3O2. The van der Waals surface area contributed by atoms with Gasteiger partial charge in [-0.15, -0.1) is 0 Å². The molecule has 1 N–H and O–H groups in total. The minimum absolute atomic E-state index is 0.0728. The number of hydrogen-bond donors (Lipinski definition) is 1. The Hall–Kier alpha value is -1.88. The molecule has 5 nitrogen and oxygen atoms in total. The quantitative estimate of drug-likeness (QED) is 0.914. The summed E-state index contributed by atoms with van der Waals surface area (Å²) in [6.07, 6.45) is 2.79. The van der Waals surface area contributed by atoms with Crippen LogP contribution in [0.15, 0.2) is 28.8 Å². The summed E-state index contributed by atoms with van der Waals surface area (Å²) in [6, 6.07) is 8.35. The van der Waals surface area contributed by atoms with Crippen LogP contribution in [-0.2, 0) is 11.2 Å². The topological polar surface area (TPSA) is 60.2 Å². The molecule has 0 amide bonds. The van der Waals surface area contributed by atoms with Gasteiger partial charge in [0, 0.05) is 19.3 Å². The third kappa shape index (κ3) is 2.93. The van der Waals surface area contributed by atoms with Gasteiger partial charge in [-0.25, -0.2) is 0 Å². The van der Waals surface area contributed by atoms with Crippen molar-refractivity contribution in [2.45, 2.75) is 38.2 Å². The van der Waals surface area contributed by atoms with Crippen molar-refractivity contribution in [1.82, 2.24) is 10.1 Å². The lowest BCUT2D eigenvalue weighted by Crippen LogP contribution is -2.21. The van der Waals surface area contributed by atoms with E-state index >= 15 is 0 Å². The average molecular weight is 287 g/mol. The van der Waals surface area contributed by atoms with Crippen LogP contribution in [0.5, 0.6) is 0 Å². The second-order valence-electron chi connectivity index (χ2n) is 5.44. The lowest BCUT2D eigenvalue weighted by Gasteiger charge is -2.23. The van der Waals surface area contributed by atoms with Crippen LogP contribution in [0, 0.1) is 0 Å². The SMILES string of the molecule is CCCC(OC)c1noc(C2CNc3ccccc3C2)n1. The Morgan fingerprint density at radius 1 is 1.43 bits per heavy atom. The van der Waals surface area contributed by atoms with Crippen molar-refractivity contribution in [3.63, 3.8) is 0 Å². The molecule has 1 aromatic heterocycles. The summed E-state index contributed by atoms with van der Waals surface area (Å²) in [5, 5.41) is 7.53. The second-order valence-corrected chi connectivity index (χ2v) is 5.44. The van der Waals surface area contributed by atoms with Crippen molar-refractivity contribution in [2.24, 2.45) is 0 Å². The number of nitrogens with one attached hydrogen (secondary N) is 1. The predicted octanol–water partition coefficient (Wildman–Crippen LogP) is 3.31. The molecule has 0 saturated carbocycles. The maximum Gasteiger partial charge on any atom is 0.231 e. The number of nitrogens with zero attached hydrogens (tertiary/aromatic N) is 2. The van der Waals surface area contributed by atoms with Gasteiger partial charge in [0.05, 0.1) is 5.92 Å². The van der Waals surface area contributed by atoms with E-state index in [-0.39, 0.29) is 12.0 Å². The molecule has 0 aliphatic carbocycles. The normalized spacial score (nSPS) is 18.9. The lowest BCUT2D eigenvalue weighted by molar-refractivity contribution is 0.0854. The van der Waals surface area contributed by atoms with Gasteiger partial charge < -0.3 is 14.6 Å². The summed E-state index contributed by atoms with van der Waals surface area (Å²) in [5.74, 6) is 1.58. The molecule has 112 valence electrons. The molecule has 2 unspecified atom stereocenters. The Bertz CT molecular complexity index is 597.